The van der Waals surface area contributed by atoms with Gasteiger partial charge in [-0.3, -0.25) is 10.1 Å². The number of hydrogen-bond donors (Lipinski definition) is 0. The molecule has 0 saturated heterocycles. The van der Waals surface area contributed by atoms with Gasteiger partial charge in [-0.25, -0.2) is 4.79 Å². The number of non-ortho nitro benzene ring substituents is 1. The summed E-state index contributed by atoms with van der Waals surface area (Å²) in [5.74, 6) is 0. The van der Waals surface area contributed by atoms with E-state index in [1.165, 1.54) is 50.7 Å². The Balaban J connectivity index is 1.63. The van der Waals surface area contributed by atoms with Crippen LogP contribution in [-0.4, -0.2) is 28.0 Å². The van der Waals surface area contributed by atoms with Crippen LogP contribution in [0.15, 0.2) is 24.3 Å². The van der Waals surface area contributed by atoms with E-state index in [9.17, 15) is 14.9 Å². The lowest BCUT2D eigenvalue weighted by atomic mass is 9.89. The molecule has 0 aromatic heterocycles. The van der Waals surface area contributed by atoms with Crippen molar-refractivity contribution in [3.8, 4) is 0 Å². The van der Waals surface area contributed by atoms with Gasteiger partial charge in [-0.1, -0.05) is 38.5 Å². The molecule has 2 saturated carbocycles. The molecule has 0 bridgehead atoms. The molecule has 142 valence electrons. The Morgan fingerprint density at radius 3 is 1.92 bits per heavy atom. The lowest BCUT2D eigenvalue weighted by molar-refractivity contribution is -0.384. The van der Waals surface area contributed by atoms with Crippen LogP contribution in [0.5, 0.6) is 0 Å². The summed E-state index contributed by atoms with van der Waals surface area (Å²) in [6.45, 7) is 0.159. The van der Waals surface area contributed by atoms with Gasteiger partial charge in [0, 0.05) is 24.2 Å². The first kappa shape index (κ1) is 18.7. The quantitative estimate of drug-likeness (QED) is 0.534. The number of nitro groups is 1. The molecule has 26 heavy (non-hydrogen) atoms. The van der Waals surface area contributed by atoms with Crippen LogP contribution in [0.2, 0.25) is 0 Å². The van der Waals surface area contributed by atoms with Gasteiger partial charge in [0.2, 0.25) is 0 Å². The standard InChI is InChI=1S/C20H28N2O4/c23-20(26-15-16-11-13-19(14-12-16)22(24)25)21(17-7-3-1-4-8-17)18-9-5-2-6-10-18/h11-14,17-18H,1-10,15H2. The topological polar surface area (TPSA) is 72.7 Å². The molecule has 0 unspecified atom stereocenters. The third kappa shape index (κ3) is 4.74. The highest BCUT2D eigenvalue weighted by Gasteiger charge is 2.33. The third-order valence-corrected chi connectivity index (χ3v) is 5.66. The van der Waals surface area contributed by atoms with Crippen LogP contribution in [0, 0.1) is 10.1 Å². The number of hydrogen-bond acceptors (Lipinski definition) is 4. The van der Waals surface area contributed by atoms with Gasteiger partial charge in [-0.15, -0.1) is 0 Å². The number of nitro benzene ring substituents is 1. The van der Waals surface area contributed by atoms with Crippen molar-refractivity contribution in [1.29, 1.82) is 0 Å². The van der Waals surface area contributed by atoms with Gasteiger partial charge in [0.25, 0.3) is 5.69 Å². The van der Waals surface area contributed by atoms with Gasteiger partial charge in [0.1, 0.15) is 6.61 Å². The Bertz CT molecular complexity index is 587. The molecular formula is C20H28N2O4. The van der Waals surface area contributed by atoms with E-state index in [4.69, 9.17) is 4.74 Å². The molecule has 0 atom stereocenters. The van der Waals surface area contributed by atoms with Crippen LogP contribution in [-0.2, 0) is 11.3 Å². The molecule has 1 aromatic carbocycles. The van der Waals surface area contributed by atoms with Gasteiger partial charge < -0.3 is 9.64 Å². The minimum Gasteiger partial charge on any atom is -0.445 e. The van der Waals surface area contributed by atoms with Crippen molar-refractivity contribution in [1.82, 2.24) is 4.90 Å². The lowest BCUT2D eigenvalue weighted by Gasteiger charge is -2.40. The van der Waals surface area contributed by atoms with Crippen molar-refractivity contribution >= 4 is 11.8 Å². The van der Waals surface area contributed by atoms with E-state index in [1.807, 2.05) is 4.90 Å². The zero-order valence-corrected chi connectivity index (χ0v) is 15.3. The molecule has 1 amide bonds. The second-order valence-corrected chi connectivity index (χ2v) is 7.47. The fourth-order valence-corrected chi connectivity index (χ4v) is 4.25. The fraction of sp³-hybridized carbons (Fsp3) is 0.650. The molecule has 2 fully saturated rings. The Labute approximate surface area is 154 Å². The van der Waals surface area contributed by atoms with E-state index >= 15 is 0 Å². The van der Waals surface area contributed by atoms with Crippen LogP contribution in [0.3, 0.4) is 0 Å². The fourth-order valence-electron chi connectivity index (χ4n) is 4.25. The molecule has 6 nitrogen and oxygen atoms in total. The number of nitrogens with zero attached hydrogens (tertiary/aromatic N) is 2. The minimum absolute atomic E-state index is 0.0473. The average molecular weight is 360 g/mol. The maximum absolute atomic E-state index is 12.9. The molecule has 1 aromatic rings. The molecule has 2 aliphatic rings. The largest absolute Gasteiger partial charge is 0.445 e. The summed E-state index contributed by atoms with van der Waals surface area (Å²) in [7, 11) is 0. The zero-order chi connectivity index (χ0) is 18.4. The third-order valence-electron chi connectivity index (χ3n) is 5.66. The van der Waals surface area contributed by atoms with Crippen molar-refractivity contribution in [3.63, 3.8) is 0 Å². The predicted molar refractivity (Wildman–Crippen MR) is 98.9 cm³/mol. The number of rotatable bonds is 5. The average Bonchev–Trinajstić information content (AvgIpc) is 2.68. The highest BCUT2D eigenvalue weighted by Crippen LogP contribution is 2.31. The van der Waals surface area contributed by atoms with E-state index in [0.717, 1.165) is 31.2 Å². The Morgan fingerprint density at radius 1 is 0.962 bits per heavy atom. The van der Waals surface area contributed by atoms with Gasteiger partial charge in [-0.2, -0.15) is 0 Å². The molecule has 6 heteroatoms. The smallest absolute Gasteiger partial charge is 0.410 e. The molecule has 0 radical (unpaired) electrons. The van der Waals surface area contributed by atoms with Crippen molar-refractivity contribution in [2.45, 2.75) is 82.9 Å². The first-order valence-electron chi connectivity index (χ1n) is 9.83. The predicted octanol–water partition coefficient (Wildman–Crippen LogP) is 5.20. The Morgan fingerprint density at radius 2 is 1.46 bits per heavy atom. The molecule has 0 heterocycles. The van der Waals surface area contributed by atoms with E-state index in [-0.39, 0.29) is 18.4 Å². The first-order valence-corrected chi connectivity index (χ1v) is 9.83. The molecule has 3 rings (SSSR count). The monoisotopic (exact) mass is 360 g/mol. The van der Waals surface area contributed by atoms with Crippen LogP contribution in [0.25, 0.3) is 0 Å². The second-order valence-electron chi connectivity index (χ2n) is 7.47. The van der Waals surface area contributed by atoms with E-state index in [2.05, 4.69) is 0 Å². The van der Waals surface area contributed by atoms with E-state index < -0.39 is 4.92 Å². The first-order chi connectivity index (χ1) is 12.6. The van der Waals surface area contributed by atoms with Crippen LogP contribution in [0.4, 0.5) is 10.5 Å². The molecular weight excluding hydrogens is 332 g/mol. The summed E-state index contributed by atoms with van der Waals surface area (Å²) < 4.78 is 5.61. The van der Waals surface area contributed by atoms with Gasteiger partial charge in [0.15, 0.2) is 0 Å². The lowest BCUT2D eigenvalue weighted by Crippen LogP contribution is -2.48. The molecule has 0 spiro atoms. The van der Waals surface area contributed by atoms with Gasteiger partial charge in [0.05, 0.1) is 4.92 Å². The SMILES string of the molecule is O=C(OCc1ccc([N+](=O)[O-])cc1)N(C1CCCCC1)C1CCCCC1. The van der Waals surface area contributed by atoms with E-state index in [0.29, 0.717) is 12.1 Å². The summed E-state index contributed by atoms with van der Waals surface area (Å²) in [5, 5.41) is 10.7. The van der Waals surface area contributed by atoms with Crippen LogP contribution >= 0.6 is 0 Å². The maximum atomic E-state index is 12.9. The number of ether oxygens (including phenoxy) is 1. The van der Waals surface area contributed by atoms with Crippen molar-refractivity contribution in [2.24, 2.45) is 0 Å². The van der Waals surface area contributed by atoms with Crippen LogP contribution < -0.4 is 0 Å². The van der Waals surface area contributed by atoms with Crippen LogP contribution in [0.1, 0.15) is 69.8 Å². The Hall–Kier alpha value is -2.11. The number of amides is 1. The number of benzene rings is 1. The summed E-state index contributed by atoms with van der Waals surface area (Å²) in [4.78, 5) is 25.2. The van der Waals surface area contributed by atoms with Crippen molar-refractivity contribution < 1.29 is 14.5 Å². The summed E-state index contributed by atoms with van der Waals surface area (Å²) in [6, 6.07) is 6.80. The highest BCUT2D eigenvalue weighted by atomic mass is 16.6. The number of carbonyl (C=O) groups is 1. The van der Waals surface area contributed by atoms with Gasteiger partial charge in [-0.05, 0) is 43.4 Å². The maximum Gasteiger partial charge on any atom is 0.410 e. The second kappa shape index (κ2) is 9.01. The van der Waals surface area contributed by atoms with Crippen molar-refractivity contribution in [3.05, 3.63) is 39.9 Å². The normalized spacial score (nSPS) is 19.1. The molecule has 2 aliphatic carbocycles. The zero-order valence-electron chi connectivity index (χ0n) is 15.3. The summed E-state index contributed by atoms with van der Waals surface area (Å²) in [6.07, 6.45) is 11.3. The van der Waals surface area contributed by atoms with E-state index in [1.54, 1.807) is 12.1 Å². The van der Waals surface area contributed by atoms with Gasteiger partial charge >= 0.3 is 6.09 Å². The molecule has 0 N–H and O–H groups in total. The van der Waals surface area contributed by atoms with Crippen molar-refractivity contribution in [2.75, 3.05) is 0 Å². The minimum atomic E-state index is -0.427. The number of carbonyl (C=O) groups excluding carboxylic acids is 1. The molecule has 0 aliphatic heterocycles. The highest BCUT2D eigenvalue weighted by molar-refractivity contribution is 5.68. The summed E-state index contributed by atoms with van der Waals surface area (Å²) in [5.41, 5.74) is 0.822. The Kier molecular flexibility index (Phi) is 6.47. The summed E-state index contributed by atoms with van der Waals surface area (Å²) >= 11 is 0.